The molecule has 6 nitrogen and oxygen atoms in total. The molecule has 0 aliphatic rings. The van der Waals surface area contributed by atoms with Gasteiger partial charge in [0.25, 0.3) is 0 Å². The smallest absolute Gasteiger partial charge is 0.237 e. The Labute approximate surface area is 175 Å². The van der Waals surface area contributed by atoms with E-state index < -0.39 is 28.5 Å². The number of aromatic nitrogens is 4. The Kier molecular flexibility index (Phi) is 5.63. The molecule has 1 atom stereocenters. The first-order valence-electron chi connectivity index (χ1n) is 9.52. The maximum absolute atomic E-state index is 13.8. The van der Waals surface area contributed by atoms with Crippen LogP contribution in [-0.4, -0.2) is 30.9 Å². The highest BCUT2D eigenvalue weighted by molar-refractivity contribution is 8.00. The van der Waals surface area contributed by atoms with E-state index in [1.54, 1.807) is 6.92 Å². The third kappa shape index (κ3) is 3.72. The van der Waals surface area contributed by atoms with Crippen molar-refractivity contribution < 1.29 is 13.6 Å². The van der Waals surface area contributed by atoms with E-state index in [0.717, 1.165) is 47.8 Å². The van der Waals surface area contributed by atoms with Crippen molar-refractivity contribution in [1.29, 1.82) is 0 Å². The largest absolute Gasteiger partial charge is 0.324 e. The second kappa shape index (κ2) is 8.35. The molecule has 1 N–H and O–H groups in total. The van der Waals surface area contributed by atoms with E-state index in [-0.39, 0.29) is 0 Å². The van der Waals surface area contributed by atoms with E-state index in [0.29, 0.717) is 16.3 Å². The number of fused-ring (bicyclic) bond motifs is 3. The molecule has 4 aromatic rings. The summed E-state index contributed by atoms with van der Waals surface area (Å²) in [5.74, 6) is -2.21. The summed E-state index contributed by atoms with van der Waals surface area (Å²) in [4.78, 5) is 17.1. The number of thioether (sulfide) groups is 1. The number of nitrogens with zero attached hydrogens (tertiary/aromatic N) is 4. The van der Waals surface area contributed by atoms with Gasteiger partial charge in [0.2, 0.25) is 11.1 Å². The molecule has 9 heteroatoms. The van der Waals surface area contributed by atoms with E-state index in [9.17, 15) is 13.6 Å². The molecule has 0 aliphatic heterocycles. The standard InChI is InChI=1S/C21H19F2N5OS/c1-3-11-28-16-10-5-4-7-13(16)17-19(28)25-21(27-26-17)30-12(2)20(29)24-18-14(22)8-6-9-15(18)23/h4-10,12H,3,11H2,1-2H3,(H,24,29). The number of carbonyl (C=O) groups excluding carboxylic acids is 1. The van der Waals surface area contributed by atoms with Gasteiger partial charge in [-0.15, -0.1) is 10.2 Å². The van der Waals surface area contributed by atoms with Crippen molar-refractivity contribution in [3.8, 4) is 0 Å². The van der Waals surface area contributed by atoms with Crippen LogP contribution >= 0.6 is 11.8 Å². The lowest BCUT2D eigenvalue weighted by Gasteiger charge is -2.12. The molecular formula is C21H19F2N5OS. The van der Waals surface area contributed by atoms with Crippen LogP contribution < -0.4 is 5.32 Å². The highest BCUT2D eigenvalue weighted by Crippen LogP contribution is 2.29. The SMILES string of the molecule is CCCn1c2ccccc2c2nnc(SC(C)C(=O)Nc3c(F)cccc3F)nc21. The Balaban J connectivity index is 1.61. The van der Waals surface area contributed by atoms with Gasteiger partial charge in [-0.3, -0.25) is 4.79 Å². The number of anilines is 1. The molecule has 0 bridgehead atoms. The van der Waals surface area contributed by atoms with Crippen LogP contribution in [0.4, 0.5) is 14.5 Å². The number of nitrogens with one attached hydrogen (secondary N) is 1. The van der Waals surface area contributed by atoms with Crippen LogP contribution in [0.3, 0.4) is 0 Å². The minimum Gasteiger partial charge on any atom is -0.324 e. The average molecular weight is 427 g/mol. The topological polar surface area (TPSA) is 72.7 Å². The predicted octanol–water partition coefficient (Wildman–Crippen LogP) is 4.79. The highest BCUT2D eigenvalue weighted by Gasteiger charge is 2.21. The number of hydrogen-bond donors (Lipinski definition) is 1. The first-order chi connectivity index (χ1) is 14.5. The van der Waals surface area contributed by atoms with Crippen molar-refractivity contribution in [2.24, 2.45) is 0 Å². The molecule has 1 unspecified atom stereocenters. The van der Waals surface area contributed by atoms with E-state index in [1.807, 2.05) is 24.3 Å². The summed E-state index contributed by atoms with van der Waals surface area (Å²) in [5, 5.41) is 11.4. The number of carbonyl (C=O) groups is 1. The van der Waals surface area contributed by atoms with Crippen LogP contribution in [0.2, 0.25) is 0 Å². The lowest BCUT2D eigenvalue weighted by Crippen LogP contribution is -2.24. The first kappa shape index (κ1) is 20.2. The van der Waals surface area contributed by atoms with Crippen molar-refractivity contribution in [3.05, 3.63) is 54.1 Å². The maximum Gasteiger partial charge on any atom is 0.237 e. The van der Waals surface area contributed by atoms with Gasteiger partial charge in [0, 0.05) is 11.9 Å². The second-order valence-electron chi connectivity index (χ2n) is 6.78. The molecule has 4 rings (SSSR count). The second-order valence-corrected chi connectivity index (χ2v) is 8.09. The van der Waals surface area contributed by atoms with Gasteiger partial charge in [-0.2, -0.15) is 0 Å². The van der Waals surface area contributed by atoms with E-state index >= 15 is 0 Å². The Morgan fingerprint density at radius 2 is 1.87 bits per heavy atom. The van der Waals surface area contributed by atoms with Crippen molar-refractivity contribution in [2.45, 2.75) is 37.2 Å². The van der Waals surface area contributed by atoms with Crippen LogP contribution in [0.5, 0.6) is 0 Å². The molecule has 2 aromatic carbocycles. The highest BCUT2D eigenvalue weighted by atomic mass is 32.2. The number of para-hydroxylation sites is 2. The van der Waals surface area contributed by atoms with Gasteiger partial charge < -0.3 is 9.88 Å². The average Bonchev–Trinajstić information content (AvgIpc) is 3.04. The van der Waals surface area contributed by atoms with Gasteiger partial charge >= 0.3 is 0 Å². The normalized spacial score (nSPS) is 12.4. The van der Waals surface area contributed by atoms with Crippen LogP contribution in [0.25, 0.3) is 22.1 Å². The Bertz CT molecular complexity index is 1220. The molecule has 0 saturated heterocycles. The van der Waals surface area contributed by atoms with Gasteiger partial charge in [0.15, 0.2) is 5.65 Å². The number of hydrogen-bond acceptors (Lipinski definition) is 5. The number of halogens is 2. The first-order valence-corrected chi connectivity index (χ1v) is 10.4. The zero-order chi connectivity index (χ0) is 21.3. The maximum atomic E-state index is 13.8. The molecule has 154 valence electrons. The Morgan fingerprint density at radius 3 is 2.60 bits per heavy atom. The van der Waals surface area contributed by atoms with Crippen molar-refractivity contribution >= 4 is 45.4 Å². The van der Waals surface area contributed by atoms with Crippen LogP contribution in [0.15, 0.2) is 47.6 Å². The molecule has 0 spiro atoms. The Hall–Kier alpha value is -3.07. The third-order valence-electron chi connectivity index (χ3n) is 4.66. The minimum atomic E-state index is -0.830. The van der Waals surface area contributed by atoms with Crippen molar-refractivity contribution in [1.82, 2.24) is 19.7 Å². The summed E-state index contributed by atoms with van der Waals surface area (Å²) in [6.45, 7) is 4.47. The van der Waals surface area contributed by atoms with Crippen molar-refractivity contribution in [3.63, 3.8) is 0 Å². The van der Waals surface area contributed by atoms with E-state index in [2.05, 4.69) is 32.0 Å². The lowest BCUT2D eigenvalue weighted by atomic mass is 10.2. The van der Waals surface area contributed by atoms with Crippen molar-refractivity contribution in [2.75, 3.05) is 5.32 Å². The van der Waals surface area contributed by atoms with Gasteiger partial charge in [-0.25, -0.2) is 13.8 Å². The lowest BCUT2D eigenvalue weighted by molar-refractivity contribution is -0.115. The van der Waals surface area contributed by atoms with Crippen LogP contribution in [0.1, 0.15) is 20.3 Å². The molecule has 2 heterocycles. The number of rotatable bonds is 6. The van der Waals surface area contributed by atoms with Gasteiger partial charge in [0.1, 0.15) is 22.8 Å². The fraction of sp³-hybridized carbons (Fsp3) is 0.238. The van der Waals surface area contributed by atoms with Gasteiger partial charge in [-0.1, -0.05) is 43.0 Å². The summed E-state index contributed by atoms with van der Waals surface area (Å²) in [6.07, 6.45) is 0.924. The number of aryl methyl sites for hydroxylation is 1. The molecule has 0 aliphatic carbocycles. The van der Waals surface area contributed by atoms with Gasteiger partial charge in [0.05, 0.1) is 10.8 Å². The van der Waals surface area contributed by atoms with Crippen LogP contribution in [-0.2, 0) is 11.3 Å². The summed E-state index contributed by atoms with van der Waals surface area (Å²) < 4.78 is 29.7. The van der Waals surface area contributed by atoms with Gasteiger partial charge in [-0.05, 0) is 31.5 Å². The summed E-state index contributed by atoms with van der Waals surface area (Å²) in [6, 6.07) is 11.3. The summed E-state index contributed by atoms with van der Waals surface area (Å²) in [7, 11) is 0. The zero-order valence-electron chi connectivity index (χ0n) is 16.4. The monoisotopic (exact) mass is 427 g/mol. The molecular weight excluding hydrogens is 408 g/mol. The van der Waals surface area contributed by atoms with E-state index in [1.165, 1.54) is 6.07 Å². The van der Waals surface area contributed by atoms with E-state index in [4.69, 9.17) is 0 Å². The molecule has 1 amide bonds. The third-order valence-corrected chi connectivity index (χ3v) is 5.62. The minimum absolute atomic E-state index is 0.319. The molecule has 0 saturated carbocycles. The number of amides is 1. The fourth-order valence-electron chi connectivity index (χ4n) is 3.24. The number of benzene rings is 2. The molecule has 0 fully saturated rings. The summed E-state index contributed by atoms with van der Waals surface area (Å²) in [5.41, 5.74) is 1.96. The Morgan fingerprint density at radius 1 is 1.13 bits per heavy atom. The summed E-state index contributed by atoms with van der Waals surface area (Å²) >= 11 is 1.08. The quantitative estimate of drug-likeness (QED) is 0.448. The molecule has 2 aromatic heterocycles. The predicted molar refractivity (Wildman–Crippen MR) is 113 cm³/mol. The molecule has 0 radical (unpaired) electrons. The fourth-order valence-corrected chi connectivity index (χ4v) is 3.95. The van der Waals surface area contributed by atoms with Crippen LogP contribution in [0, 0.1) is 11.6 Å². The molecule has 30 heavy (non-hydrogen) atoms. The zero-order valence-corrected chi connectivity index (χ0v) is 17.2.